The average Bonchev–Trinajstić information content (AvgIpc) is 2.49. The van der Waals surface area contributed by atoms with Crippen LogP contribution in [0.3, 0.4) is 0 Å². The van der Waals surface area contributed by atoms with E-state index in [0.717, 1.165) is 5.56 Å². The molecule has 0 bridgehead atoms. The number of carbonyl (C=O) groups is 2. The zero-order valence-electron chi connectivity index (χ0n) is 13.2. The number of nitrogens with one attached hydrogen (secondary N) is 2. The van der Waals surface area contributed by atoms with E-state index >= 15 is 0 Å². The van der Waals surface area contributed by atoms with Crippen molar-refractivity contribution in [2.75, 3.05) is 20.2 Å². The van der Waals surface area contributed by atoms with Crippen LogP contribution in [0.2, 0.25) is 0 Å². The van der Waals surface area contributed by atoms with Crippen molar-refractivity contribution in [3.05, 3.63) is 29.6 Å². The molecular formula is C16H23FN2O3. The Morgan fingerprint density at radius 1 is 1.23 bits per heavy atom. The summed E-state index contributed by atoms with van der Waals surface area (Å²) in [5.41, 5.74) is 0.738. The van der Waals surface area contributed by atoms with Crippen LogP contribution in [0.5, 0.6) is 5.75 Å². The molecule has 0 atom stereocenters. The van der Waals surface area contributed by atoms with Crippen LogP contribution in [0.1, 0.15) is 25.8 Å². The Morgan fingerprint density at radius 2 is 1.91 bits per heavy atom. The highest BCUT2D eigenvalue weighted by molar-refractivity contribution is 5.78. The molecule has 0 saturated carbocycles. The van der Waals surface area contributed by atoms with E-state index in [-0.39, 0.29) is 29.9 Å². The lowest BCUT2D eigenvalue weighted by atomic mass is 10.1. The molecule has 0 spiro atoms. The predicted molar refractivity (Wildman–Crippen MR) is 82.1 cm³/mol. The van der Waals surface area contributed by atoms with Crippen molar-refractivity contribution >= 4 is 11.8 Å². The van der Waals surface area contributed by atoms with Crippen molar-refractivity contribution in [3.63, 3.8) is 0 Å². The standard InChI is InChI=1S/C16H23FN2O3/c1-11(2)16(21)19-9-8-18-15(20)7-5-12-4-6-14(22-3)13(17)10-12/h4,6,10-11H,5,7-9H2,1-3H3,(H,18,20)(H,19,21). The van der Waals surface area contributed by atoms with E-state index < -0.39 is 5.82 Å². The number of methoxy groups -OCH3 is 1. The lowest BCUT2D eigenvalue weighted by molar-refractivity contribution is -0.124. The molecule has 0 fully saturated rings. The quantitative estimate of drug-likeness (QED) is 0.718. The highest BCUT2D eigenvalue weighted by Gasteiger charge is 2.07. The molecule has 0 unspecified atom stereocenters. The molecule has 2 N–H and O–H groups in total. The Labute approximate surface area is 130 Å². The van der Waals surface area contributed by atoms with Crippen molar-refractivity contribution in [1.82, 2.24) is 10.6 Å². The van der Waals surface area contributed by atoms with Crippen LogP contribution in [0.15, 0.2) is 18.2 Å². The van der Waals surface area contributed by atoms with Gasteiger partial charge in [0.25, 0.3) is 0 Å². The van der Waals surface area contributed by atoms with Crippen LogP contribution < -0.4 is 15.4 Å². The topological polar surface area (TPSA) is 67.4 Å². The third kappa shape index (κ3) is 6.11. The van der Waals surface area contributed by atoms with Crippen molar-refractivity contribution in [3.8, 4) is 5.75 Å². The van der Waals surface area contributed by atoms with Crippen molar-refractivity contribution in [1.29, 1.82) is 0 Å². The van der Waals surface area contributed by atoms with Crippen LogP contribution in [0, 0.1) is 11.7 Å². The van der Waals surface area contributed by atoms with E-state index in [4.69, 9.17) is 4.74 Å². The van der Waals surface area contributed by atoms with Gasteiger partial charge in [0.2, 0.25) is 11.8 Å². The zero-order valence-corrected chi connectivity index (χ0v) is 13.2. The fourth-order valence-corrected chi connectivity index (χ4v) is 1.80. The van der Waals surface area contributed by atoms with Crippen molar-refractivity contribution in [2.24, 2.45) is 5.92 Å². The van der Waals surface area contributed by atoms with Gasteiger partial charge in [-0.05, 0) is 24.1 Å². The van der Waals surface area contributed by atoms with E-state index in [1.807, 2.05) is 13.8 Å². The van der Waals surface area contributed by atoms with Gasteiger partial charge in [-0.25, -0.2) is 4.39 Å². The monoisotopic (exact) mass is 310 g/mol. The molecule has 5 nitrogen and oxygen atoms in total. The number of hydrogen-bond acceptors (Lipinski definition) is 3. The van der Waals surface area contributed by atoms with Gasteiger partial charge in [0, 0.05) is 25.4 Å². The molecule has 0 heterocycles. The Bertz CT molecular complexity index is 518. The Balaban J connectivity index is 2.26. The first kappa shape index (κ1) is 17.9. The summed E-state index contributed by atoms with van der Waals surface area (Å²) in [6.07, 6.45) is 0.717. The molecule has 0 aromatic heterocycles. The van der Waals surface area contributed by atoms with Gasteiger partial charge < -0.3 is 15.4 Å². The van der Waals surface area contributed by atoms with Crippen LogP contribution in [-0.2, 0) is 16.0 Å². The summed E-state index contributed by atoms with van der Waals surface area (Å²) in [6, 6.07) is 4.65. The molecule has 0 saturated heterocycles. The maximum atomic E-state index is 13.5. The first-order valence-electron chi connectivity index (χ1n) is 7.31. The second kappa shape index (κ2) is 9.02. The number of hydrogen-bond donors (Lipinski definition) is 2. The van der Waals surface area contributed by atoms with Gasteiger partial charge in [-0.1, -0.05) is 19.9 Å². The van der Waals surface area contributed by atoms with Crippen molar-refractivity contribution < 1.29 is 18.7 Å². The van der Waals surface area contributed by atoms with E-state index in [1.165, 1.54) is 13.2 Å². The molecule has 22 heavy (non-hydrogen) atoms. The van der Waals surface area contributed by atoms with E-state index in [1.54, 1.807) is 12.1 Å². The summed E-state index contributed by atoms with van der Waals surface area (Å²) in [6.45, 7) is 4.40. The summed E-state index contributed by atoms with van der Waals surface area (Å²) in [5.74, 6) is -0.482. The number of aryl methyl sites for hydroxylation is 1. The molecule has 1 rings (SSSR count). The number of ether oxygens (including phenoxy) is 1. The maximum absolute atomic E-state index is 13.5. The molecule has 0 aliphatic heterocycles. The maximum Gasteiger partial charge on any atom is 0.222 e. The van der Waals surface area contributed by atoms with E-state index in [2.05, 4.69) is 10.6 Å². The largest absolute Gasteiger partial charge is 0.494 e. The molecule has 1 aromatic carbocycles. The fraction of sp³-hybridized carbons (Fsp3) is 0.500. The summed E-state index contributed by atoms with van der Waals surface area (Å²) in [7, 11) is 1.41. The Hall–Kier alpha value is -2.11. The second-order valence-corrected chi connectivity index (χ2v) is 5.26. The molecule has 1 aromatic rings. The molecule has 0 aliphatic carbocycles. The number of carbonyl (C=O) groups excluding carboxylic acids is 2. The Kier molecular flexibility index (Phi) is 7.36. The third-order valence-electron chi connectivity index (χ3n) is 3.13. The van der Waals surface area contributed by atoms with Gasteiger partial charge in [-0.2, -0.15) is 0 Å². The highest BCUT2D eigenvalue weighted by atomic mass is 19.1. The van der Waals surface area contributed by atoms with Crippen LogP contribution in [0.25, 0.3) is 0 Å². The molecule has 0 radical (unpaired) electrons. The van der Waals surface area contributed by atoms with Gasteiger partial charge in [-0.3, -0.25) is 9.59 Å². The number of halogens is 1. The Morgan fingerprint density at radius 3 is 2.50 bits per heavy atom. The smallest absolute Gasteiger partial charge is 0.222 e. The first-order valence-corrected chi connectivity index (χ1v) is 7.31. The lowest BCUT2D eigenvalue weighted by Gasteiger charge is -2.09. The normalized spacial score (nSPS) is 10.4. The predicted octanol–water partition coefficient (Wildman–Crippen LogP) is 1.66. The molecule has 2 amide bonds. The molecule has 122 valence electrons. The zero-order chi connectivity index (χ0) is 16.5. The SMILES string of the molecule is COc1ccc(CCC(=O)NCCNC(=O)C(C)C)cc1F. The first-order chi connectivity index (χ1) is 10.4. The summed E-state index contributed by atoms with van der Waals surface area (Å²) < 4.78 is 18.3. The summed E-state index contributed by atoms with van der Waals surface area (Å²) in [4.78, 5) is 23.0. The van der Waals surface area contributed by atoms with Crippen LogP contribution >= 0.6 is 0 Å². The van der Waals surface area contributed by atoms with Gasteiger partial charge in [0.05, 0.1) is 7.11 Å². The van der Waals surface area contributed by atoms with Crippen molar-refractivity contribution in [2.45, 2.75) is 26.7 Å². The third-order valence-corrected chi connectivity index (χ3v) is 3.13. The molecular weight excluding hydrogens is 287 g/mol. The van der Waals surface area contributed by atoms with E-state index in [0.29, 0.717) is 19.5 Å². The van der Waals surface area contributed by atoms with Crippen LogP contribution in [0.4, 0.5) is 4.39 Å². The molecule has 6 heteroatoms. The number of benzene rings is 1. The minimum Gasteiger partial charge on any atom is -0.494 e. The fourth-order valence-electron chi connectivity index (χ4n) is 1.80. The second-order valence-electron chi connectivity index (χ2n) is 5.26. The minimum atomic E-state index is -0.434. The number of amides is 2. The van der Waals surface area contributed by atoms with Gasteiger partial charge >= 0.3 is 0 Å². The van der Waals surface area contributed by atoms with E-state index in [9.17, 15) is 14.0 Å². The minimum absolute atomic E-state index is 0.0389. The lowest BCUT2D eigenvalue weighted by Crippen LogP contribution is -2.36. The van der Waals surface area contributed by atoms with Gasteiger partial charge in [0.15, 0.2) is 11.6 Å². The van der Waals surface area contributed by atoms with Gasteiger partial charge in [0.1, 0.15) is 0 Å². The highest BCUT2D eigenvalue weighted by Crippen LogP contribution is 2.18. The average molecular weight is 310 g/mol. The number of rotatable bonds is 8. The van der Waals surface area contributed by atoms with Crippen LogP contribution in [-0.4, -0.2) is 32.0 Å². The molecule has 0 aliphatic rings. The van der Waals surface area contributed by atoms with Gasteiger partial charge in [-0.15, -0.1) is 0 Å². The summed E-state index contributed by atoms with van der Waals surface area (Å²) in [5, 5.41) is 5.43. The summed E-state index contributed by atoms with van der Waals surface area (Å²) >= 11 is 0.